The Bertz CT molecular complexity index is 488. The summed E-state index contributed by atoms with van der Waals surface area (Å²) in [4.78, 5) is 6.72. The maximum absolute atomic E-state index is 5.42. The van der Waals surface area contributed by atoms with Gasteiger partial charge in [-0.25, -0.2) is 0 Å². The molecule has 128 valence electrons. The molecule has 1 atom stereocenters. The van der Waals surface area contributed by atoms with Gasteiger partial charge in [0.1, 0.15) is 0 Å². The van der Waals surface area contributed by atoms with Crippen molar-refractivity contribution >= 4 is 5.96 Å². The lowest BCUT2D eigenvalue weighted by Crippen LogP contribution is -2.39. The lowest BCUT2D eigenvalue weighted by Gasteiger charge is -2.21. The molecule has 23 heavy (non-hydrogen) atoms. The molecule has 1 aliphatic heterocycles. The normalized spacial score (nSPS) is 18.5. The topological polar surface area (TPSA) is 46.1 Å². The van der Waals surface area contributed by atoms with Crippen LogP contribution in [0.25, 0.3) is 0 Å². The van der Waals surface area contributed by atoms with E-state index >= 15 is 0 Å². The number of benzene rings is 1. The summed E-state index contributed by atoms with van der Waals surface area (Å²) in [6.07, 6.45) is 1.17. The largest absolute Gasteiger partial charge is 0.384 e. The summed E-state index contributed by atoms with van der Waals surface area (Å²) in [5.41, 5.74) is 2.46. The van der Waals surface area contributed by atoms with Crippen molar-refractivity contribution in [2.75, 3.05) is 40.5 Å². The molecule has 0 aliphatic carbocycles. The minimum absolute atomic E-state index is 0.608. The number of aliphatic imine (C=N–C) groups is 1. The van der Waals surface area contributed by atoms with E-state index in [2.05, 4.69) is 39.5 Å². The third kappa shape index (κ3) is 5.52. The van der Waals surface area contributed by atoms with Crippen LogP contribution in [0.3, 0.4) is 0 Å². The maximum atomic E-state index is 5.42. The molecule has 1 aromatic rings. The van der Waals surface area contributed by atoms with Gasteiger partial charge in [-0.1, -0.05) is 24.3 Å². The predicted molar refractivity (Wildman–Crippen MR) is 93.5 cm³/mol. The first kappa shape index (κ1) is 17.8. The van der Waals surface area contributed by atoms with E-state index in [1.54, 1.807) is 7.11 Å². The third-order valence-corrected chi connectivity index (χ3v) is 4.15. The number of likely N-dealkylation sites (tertiary alicyclic amines) is 1. The van der Waals surface area contributed by atoms with E-state index < -0.39 is 0 Å². The quantitative estimate of drug-likeness (QED) is 0.618. The first-order chi connectivity index (χ1) is 11.3. The van der Waals surface area contributed by atoms with Gasteiger partial charge in [0.15, 0.2) is 5.96 Å². The molecule has 1 saturated heterocycles. The van der Waals surface area contributed by atoms with Crippen molar-refractivity contribution < 1.29 is 9.47 Å². The number of methoxy groups -OCH3 is 1. The average molecular weight is 319 g/mol. The Balaban J connectivity index is 1.81. The van der Waals surface area contributed by atoms with Gasteiger partial charge in [0, 0.05) is 46.3 Å². The van der Waals surface area contributed by atoms with E-state index in [-0.39, 0.29) is 0 Å². The fourth-order valence-corrected chi connectivity index (χ4v) is 2.88. The number of nitrogens with one attached hydrogen (secondary N) is 1. The van der Waals surface area contributed by atoms with Crippen molar-refractivity contribution in [2.24, 2.45) is 10.9 Å². The van der Waals surface area contributed by atoms with Gasteiger partial charge in [0.05, 0.1) is 13.2 Å². The first-order valence-electron chi connectivity index (χ1n) is 8.37. The van der Waals surface area contributed by atoms with Crippen LogP contribution in [0, 0.1) is 5.92 Å². The molecule has 0 amide bonds. The molecule has 5 heteroatoms. The molecule has 0 bridgehead atoms. The zero-order valence-electron chi connectivity index (χ0n) is 14.5. The van der Waals surface area contributed by atoms with Crippen molar-refractivity contribution in [1.82, 2.24) is 10.2 Å². The lowest BCUT2D eigenvalue weighted by atomic mass is 10.1. The molecule has 1 fully saturated rings. The highest BCUT2D eigenvalue weighted by atomic mass is 16.5. The highest BCUT2D eigenvalue weighted by molar-refractivity contribution is 5.80. The molecule has 5 nitrogen and oxygen atoms in total. The molecule has 0 spiro atoms. The Morgan fingerprint density at radius 3 is 2.70 bits per heavy atom. The minimum Gasteiger partial charge on any atom is -0.384 e. The molecule has 0 saturated carbocycles. The zero-order chi connectivity index (χ0) is 16.5. The van der Waals surface area contributed by atoms with Crippen LogP contribution in [-0.4, -0.2) is 51.3 Å². The maximum Gasteiger partial charge on any atom is 0.193 e. The van der Waals surface area contributed by atoms with Crippen molar-refractivity contribution in [3.8, 4) is 0 Å². The Morgan fingerprint density at radius 1 is 1.30 bits per heavy atom. The Labute approximate surface area is 139 Å². The number of rotatable bonds is 7. The van der Waals surface area contributed by atoms with E-state index in [0.29, 0.717) is 12.5 Å². The Hall–Kier alpha value is -1.59. The van der Waals surface area contributed by atoms with Crippen LogP contribution in [0.2, 0.25) is 0 Å². The van der Waals surface area contributed by atoms with Crippen LogP contribution in [-0.2, 0) is 22.6 Å². The van der Waals surface area contributed by atoms with Crippen molar-refractivity contribution in [3.63, 3.8) is 0 Å². The Morgan fingerprint density at radius 2 is 2.04 bits per heavy atom. The van der Waals surface area contributed by atoms with Gasteiger partial charge in [-0.15, -0.1) is 0 Å². The standard InChI is InChI=1S/C18H29N3O2/c1-4-23-14-16-7-5-15(6-8-16)11-20-18(19-2)21-10-9-17(12-21)13-22-3/h5-8,17H,4,9-14H2,1-3H3,(H,19,20). The highest BCUT2D eigenvalue weighted by Gasteiger charge is 2.24. The summed E-state index contributed by atoms with van der Waals surface area (Å²) >= 11 is 0. The van der Waals surface area contributed by atoms with Crippen LogP contribution >= 0.6 is 0 Å². The molecule has 1 aromatic carbocycles. The van der Waals surface area contributed by atoms with Crippen molar-refractivity contribution in [1.29, 1.82) is 0 Å². The molecule has 1 unspecified atom stereocenters. The Kier molecular flexibility index (Phi) is 7.36. The molecule has 1 heterocycles. The third-order valence-electron chi connectivity index (χ3n) is 4.15. The SMILES string of the molecule is CCOCc1ccc(CNC(=NC)N2CCC(COC)C2)cc1. The number of ether oxygens (including phenoxy) is 2. The average Bonchev–Trinajstić information content (AvgIpc) is 3.03. The van der Waals surface area contributed by atoms with Gasteiger partial charge in [0.2, 0.25) is 0 Å². The fourth-order valence-electron chi connectivity index (χ4n) is 2.88. The monoisotopic (exact) mass is 319 g/mol. The smallest absolute Gasteiger partial charge is 0.193 e. The van der Waals surface area contributed by atoms with Gasteiger partial charge in [0.25, 0.3) is 0 Å². The number of guanidine groups is 1. The van der Waals surface area contributed by atoms with Crippen LogP contribution < -0.4 is 5.32 Å². The molecule has 0 aromatic heterocycles. The van der Waals surface area contributed by atoms with Crippen LogP contribution in [0.5, 0.6) is 0 Å². The van der Waals surface area contributed by atoms with E-state index in [9.17, 15) is 0 Å². The van der Waals surface area contributed by atoms with E-state index in [0.717, 1.165) is 38.8 Å². The van der Waals surface area contributed by atoms with E-state index in [4.69, 9.17) is 9.47 Å². The first-order valence-corrected chi connectivity index (χ1v) is 8.37. The molecule has 0 radical (unpaired) electrons. The summed E-state index contributed by atoms with van der Waals surface area (Å²) in [6.45, 7) is 7.11. The van der Waals surface area contributed by atoms with Gasteiger partial charge < -0.3 is 19.7 Å². The lowest BCUT2D eigenvalue weighted by molar-refractivity contribution is 0.134. The van der Waals surface area contributed by atoms with Gasteiger partial charge in [-0.3, -0.25) is 4.99 Å². The second-order valence-corrected chi connectivity index (χ2v) is 5.91. The molecular formula is C18H29N3O2. The second kappa shape index (κ2) is 9.53. The van der Waals surface area contributed by atoms with Crippen LogP contribution in [0.4, 0.5) is 0 Å². The summed E-state index contributed by atoms with van der Waals surface area (Å²) in [5.74, 6) is 1.58. The highest BCUT2D eigenvalue weighted by Crippen LogP contribution is 2.16. The summed E-state index contributed by atoms with van der Waals surface area (Å²) in [6, 6.07) is 8.54. The minimum atomic E-state index is 0.608. The number of hydrogen-bond donors (Lipinski definition) is 1. The van der Waals surface area contributed by atoms with E-state index in [1.807, 2.05) is 14.0 Å². The second-order valence-electron chi connectivity index (χ2n) is 5.91. The fraction of sp³-hybridized carbons (Fsp3) is 0.611. The predicted octanol–water partition coefficient (Wildman–Crippen LogP) is 2.27. The van der Waals surface area contributed by atoms with Crippen molar-refractivity contribution in [3.05, 3.63) is 35.4 Å². The van der Waals surface area contributed by atoms with Crippen molar-refractivity contribution in [2.45, 2.75) is 26.5 Å². The molecule has 1 aliphatic rings. The summed E-state index contributed by atoms with van der Waals surface area (Å²) < 4.78 is 10.7. The zero-order valence-corrected chi connectivity index (χ0v) is 14.5. The van der Waals surface area contributed by atoms with E-state index in [1.165, 1.54) is 17.5 Å². The molecular weight excluding hydrogens is 290 g/mol. The van der Waals surface area contributed by atoms with Crippen LogP contribution in [0.15, 0.2) is 29.3 Å². The van der Waals surface area contributed by atoms with Crippen LogP contribution in [0.1, 0.15) is 24.5 Å². The molecule has 1 N–H and O–H groups in total. The number of nitrogens with zero attached hydrogens (tertiary/aromatic N) is 2. The molecule has 2 rings (SSSR count). The number of hydrogen-bond acceptors (Lipinski definition) is 3. The van der Waals surface area contributed by atoms with Gasteiger partial charge >= 0.3 is 0 Å². The summed E-state index contributed by atoms with van der Waals surface area (Å²) in [7, 11) is 3.61. The van der Waals surface area contributed by atoms with Gasteiger partial charge in [-0.2, -0.15) is 0 Å². The summed E-state index contributed by atoms with van der Waals surface area (Å²) in [5, 5.41) is 3.46. The van der Waals surface area contributed by atoms with Gasteiger partial charge in [-0.05, 0) is 24.5 Å².